The molecular weight excluding hydrogens is 250 g/mol. The highest BCUT2D eigenvalue weighted by molar-refractivity contribution is 7.84. The van der Waals surface area contributed by atoms with Crippen molar-refractivity contribution in [1.29, 1.82) is 5.26 Å². The number of benzene rings is 1. The van der Waals surface area contributed by atoms with Crippen LogP contribution in [0, 0.1) is 11.3 Å². The Bertz CT molecular complexity index is 411. The number of nitrogens with zero attached hydrogens (tertiary/aromatic N) is 1. The molecule has 5 heteroatoms. The van der Waals surface area contributed by atoms with Gasteiger partial charge in [0.05, 0.1) is 24.8 Å². The number of hydrogen-bond acceptors (Lipinski definition) is 4. The van der Waals surface area contributed by atoms with Gasteiger partial charge >= 0.3 is 0 Å². The molecular formula is C13H17NO3S. The number of hydrogen-bond donors (Lipinski definition) is 0. The van der Waals surface area contributed by atoms with Gasteiger partial charge in [0, 0.05) is 29.4 Å². The van der Waals surface area contributed by atoms with E-state index in [0.29, 0.717) is 30.3 Å². The smallest absolute Gasteiger partial charge is 0.119 e. The second kappa shape index (κ2) is 8.67. The molecule has 18 heavy (non-hydrogen) atoms. The Labute approximate surface area is 110 Å². The van der Waals surface area contributed by atoms with E-state index in [0.717, 1.165) is 12.2 Å². The van der Waals surface area contributed by atoms with E-state index in [1.165, 1.54) is 0 Å². The predicted octanol–water partition coefficient (Wildman–Crippen LogP) is 1.72. The van der Waals surface area contributed by atoms with E-state index in [4.69, 9.17) is 14.7 Å². The molecule has 0 aliphatic rings. The molecule has 0 saturated heterocycles. The van der Waals surface area contributed by atoms with Crippen molar-refractivity contribution in [3.63, 3.8) is 0 Å². The quantitative estimate of drug-likeness (QED) is 0.673. The molecule has 4 nitrogen and oxygen atoms in total. The predicted molar refractivity (Wildman–Crippen MR) is 71.0 cm³/mol. The van der Waals surface area contributed by atoms with E-state index in [-0.39, 0.29) is 0 Å². The fraction of sp³-hybridized carbons (Fsp3) is 0.462. The molecule has 1 unspecified atom stereocenters. The van der Waals surface area contributed by atoms with Crippen molar-refractivity contribution in [2.45, 2.75) is 6.42 Å². The first-order valence-corrected chi connectivity index (χ1v) is 7.22. The van der Waals surface area contributed by atoms with Crippen LogP contribution in [0.1, 0.15) is 12.0 Å². The van der Waals surface area contributed by atoms with Crippen LogP contribution < -0.4 is 4.74 Å². The molecule has 0 N–H and O–H groups in total. The zero-order valence-corrected chi connectivity index (χ0v) is 11.2. The number of ether oxygens (including phenoxy) is 2. The van der Waals surface area contributed by atoms with Gasteiger partial charge in [0.25, 0.3) is 0 Å². The van der Waals surface area contributed by atoms with Gasteiger partial charge in [-0.3, -0.25) is 4.21 Å². The lowest BCUT2D eigenvalue weighted by Crippen LogP contribution is -2.10. The van der Waals surface area contributed by atoms with E-state index in [2.05, 4.69) is 0 Å². The van der Waals surface area contributed by atoms with Crippen molar-refractivity contribution < 1.29 is 13.7 Å². The first-order chi connectivity index (χ1) is 8.76. The van der Waals surface area contributed by atoms with Gasteiger partial charge in [-0.2, -0.15) is 5.26 Å². The Morgan fingerprint density at radius 2 is 1.94 bits per heavy atom. The largest absolute Gasteiger partial charge is 0.494 e. The summed E-state index contributed by atoms with van der Waals surface area (Å²) < 4.78 is 21.8. The van der Waals surface area contributed by atoms with Gasteiger partial charge in [-0.15, -0.1) is 0 Å². The lowest BCUT2D eigenvalue weighted by Gasteiger charge is -2.06. The summed E-state index contributed by atoms with van der Waals surface area (Å²) >= 11 is 0. The molecule has 0 bridgehead atoms. The van der Waals surface area contributed by atoms with Crippen LogP contribution in [0.15, 0.2) is 24.3 Å². The summed E-state index contributed by atoms with van der Waals surface area (Å²) in [5.74, 6) is 1.93. The van der Waals surface area contributed by atoms with Crippen molar-refractivity contribution in [1.82, 2.24) is 0 Å². The SMILES string of the molecule is COCCS(=O)CCCOc1ccc(C#N)cc1. The number of methoxy groups -OCH3 is 1. The van der Waals surface area contributed by atoms with Crippen LogP contribution in [-0.4, -0.2) is 36.0 Å². The molecule has 0 radical (unpaired) electrons. The Balaban J connectivity index is 2.17. The van der Waals surface area contributed by atoms with E-state index in [1.807, 2.05) is 6.07 Å². The van der Waals surface area contributed by atoms with E-state index < -0.39 is 10.8 Å². The monoisotopic (exact) mass is 267 g/mol. The van der Waals surface area contributed by atoms with Gasteiger partial charge in [0.15, 0.2) is 0 Å². The lowest BCUT2D eigenvalue weighted by molar-refractivity contribution is 0.218. The van der Waals surface area contributed by atoms with Crippen LogP contribution in [-0.2, 0) is 15.5 Å². The summed E-state index contributed by atoms with van der Waals surface area (Å²) in [6, 6.07) is 9.01. The molecule has 0 aliphatic carbocycles. The zero-order chi connectivity index (χ0) is 13.2. The second-order valence-electron chi connectivity index (χ2n) is 3.68. The van der Waals surface area contributed by atoms with E-state index in [1.54, 1.807) is 31.4 Å². The average Bonchev–Trinajstić information content (AvgIpc) is 2.42. The van der Waals surface area contributed by atoms with Crippen molar-refractivity contribution >= 4 is 10.8 Å². The van der Waals surface area contributed by atoms with Crippen LogP contribution in [0.3, 0.4) is 0 Å². The van der Waals surface area contributed by atoms with Crippen LogP contribution in [0.2, 0.25) is 0 Å². The summed E-state index contributed by atoms with van der Waals surface area (Å²) in [7, 11) is 0.771. The van der Waals surface area contributed by atoms with Gasteiger partial charge in [-0.05, 0) is 30.7 Å². The van der Waals surface area contributed by atoms with Crippen molar-refractivity contribution in [3.05, 3.63) is 29.8 Å². The molecule has 0 saturated carbocycles. The van der Waals surface area contributed by atoms with Crippen molar-refractivity contribution in [2.24, 2.45) is 0 Å². The van der Waals surface area contributed by atoms with Crippen molar-refractivity contribution in [2.75, 3.05) is 31.8 Å². The highest BCUT2D eigenvalue weighted by atomic mass is 32.2. The summed E-state index contributed by atoms with van der Waals surface area (Å²) in [6.45, 7) is 1.06. The standard InChI is InChI=1S/C13H17NO3S/c1-16-8-10-18(15)9-2-7-17-13-5-3-12(11-14)4-6-13/h3-6H,2,7-10H2,1H3. The van der Waals surface area contributed by atoms with Crippen LogP contribution in [0.4, 0.5) is 0 Å². The summed E-state index contributed by atoms with van der Waals surface area (Å²) in [6.07, 6.45) is 0.746. The maximum atomic E-state index is 11.4. The summed E-state index contributed by atoms with van der Waals surface area (Å²) in [4.78, 5) is 0. The fourth-order valence-corrected chi connectivity index (χ4v) is 2.31. The third kappa shape index (κ3) is 5.80. The molecule has 0 aromatic heterocycles. The third-order valence-corrected chi connectivity index (χ3v) is 3.65. The minimum atomic E-state index is -0.831. The first kappa shape index (κ1) is 14.7. The second-order valence-corrected chi connectivity index (χ2v) is 5.38. The molecule has 0 fully saturated rings. The molecule has 1 rings (SSSR count). The van der Waals surface area contributed by atoms with E-state index in [9.17, 15) is 4.21 Å². The maximum Gasteiger partial charge on any atom is 0.119 e. The molecule has 1 aromatic rings. The fourth-order valence-electron chi connectivity index (χ4n) is 1.31. The minimum absolute atomic E-state index is 0.531. The topological polar surface area (TPSA) is 59.3 Å². The van der Waals surface area contributed by atoms with Crippen LogP contribution in [0.25, 0.3) is 0 Å². The Morgan fingerprint density at radius 1 is 1.22 bits per heavy atom. The first-order valence-electron chi connectivity index (χ1n) is 5.73. The molecule has 98 valence electrons. The summed E-state index contributed by atoms with van der Waals surface area (Å²) in [5.41, 5.74) is 0.614. The van der Waals surface area contributed by atoms with Gasteiger partial charge in [0.2, 0.25) is 0 Å². The lowest BCUT2D eigenvalue weighted by atomic mass is 10.2. The van der Waals surface area contributed by atoms with Gasteiger partial charge < -0.3 is 9.47 Å². The highest BCUT2D eigenvalue weighted by Crippen LogP contribution is 2.11. The zero-order valence-electron chi connectivity index (χ0n) is 10.4. The molecule has 0 heterocycles. The number of nitriles is 1. The molecule has 0 amide bonds. The molecule has 1 aromatic carbocycles. The normalized spacial score (nSPS) is 11.8. The van der Waals surface area contributed by atoms with Crippen LogP contribution in [0.5, 0.6) is 5.75 Å². The number of rotatable bonds is 8. The minimum Gasteiger partial charge on any atom is -0.494 e. The average molecular weight is 267 g/mol. The maximum absolute atomic E-state index is 11.4. The van der Waals surface area contributed by atoms with Gasteiger partial charge in [-0.1, -0.05) is 0 Å². The summed E-state index contributed by atoms with van der Waals surface area (Å²) in [5, 5.41) is 8.64. The Kier molecular flexibility index (Phi) is 7.07. The third-order valence-electron chi connectivity index (χ3n) is 2.28. The van der Waals surface area contributed by atoms with Gasteiger partial charge in [-0.25, -0.2) is 0 Å². The molecule has 0 spiro atoms. The Hall–Kier alpha value is -1.38. The molecule has 0 aliphatic heterocycles. The van der Waals surface area contributed by atoms with Gasteiger partial charge in [0.1, 0.15) is 5.75 Å². The highest BCUT2D eigenvalue weighted by Gasteiger charge is 2.00. The van der Waals surface area contributed by atoms with E-state index >= 15 is 0 Å². The van der Waals surface area contributed by atoms with Crippen molar-refractivity contribution in [3.8, 4) is 11.8 Å². The molecule has 1 atom stereocenters. The van der Waals surface area contributed by atoms with Crippen LogP contribution >= 0.6 is 0 Å². The Morgan fingerprint density at radius 3 is 2.56 bits per heavy atom.